The van der Waals surface area contributed by atoms with E-state index in [2.05, 4.69) is 4.72 Å². The first-order valence-corrected chi connectivity index (χ1v) is 10.7. The molecule has 0 radical (unpaired) electrons. The van der Waals surface area contributed by atoms with Crippen molar-refractivity contribution in [2.75, 3.05) is 6.54 Å². The first kappa shape index (κ1) is 20.5. The van der Waals surface area contributed by atoms with Gasteiger partial charge in [0.1, 0.15) is 0 Å². The van der Waals surface area contributed by atoms with Crippen LogP contribution >= 0.6 is 0 Å². The van der Waals surface area contributed by atoms with Crippen LogP contribution in [0, 0.1) is 0 Å². The number of imide groups is 1. The van der Waals surface area contributed by atoms with Crippen LogP contribution in [0.5, 0.6) is 0 Å². The predicted molar refractivity (Wildman–Crippen MR) is 112 cm³/mol. The fraction of sp³-hybridized carbons (Fsp3) is 0.0455. The van der Waals surface area contributed by atoms with E-state index in [0.29, 0.717) is 16.5 Å². The Morgan fingerprint density at radius 3 is 2.16 bits per heavy atom. The van der Waals surface area contributed by atoms with Crippen LogP contribution in [0.25, 0.3) is 10.8 Å². The molecule has 0 unspecified atom stereocenters. The fourth-order valence-corrected chi connectivity index (χ4v) is 4.63. The highest BCUT2D eigenvalue weighted by molar-refractivity contribution is 7.89. The van der Waals surface area contributed by atoms with E-state index in [1.54, 1.807) is 24.3 Å². The second kappa shape index (κ2) is 7.78. The highest BCUT2D eigenvalue weighted by Crippen LogP contribution is 2.30. The number of carbonyl (C=O) groups is 3. The number of amides is 2. The number of nitrogens with zero attached hydrogens (tertiary/aromatic N) is 1. The Morgan fingerprint density at radius 1 is 0.935 bits per heavy atom. The zero-order valence-corrected chi connectivity index (χ0v) is 16.8. The van der Waals surface area contributed by atoms with Crippen molar-refractivity contribution in [3.63, 3.8) is 0 Å². The topological polar surface area (TPSA) is 121 Å². The fourth-order valence-electron chi connectivity index (χ4n) is 3.46. The summed E-state index contributed by atoms with van der Waals surface area (Å²) in [7, 11) is -4.12. The molecule has 2 amide bonds. The van der Waals surface area contributed by atoms with Gasteiger partial charge in [-0.3, -0.25) is 9.59 Å². The summed E-state index contributed by atoms with van der Waals surface area (Å²) in [5, 5.41) is 10.6. The molecule has 1 aliphatic heterocycles. The number of aromatic carboxylic acids is 1. The van der Waals surface area contributed by atoms with Crippen molar-refractivity contribution in [1.82, 2.24) is 9.62 Å². The van der Waals surface area contributed by atoms with Gasteiger partial charge in [0, 0.05) is 29.3 Å². The van der Waals surface area contributed by atoms with E-state index in [0.717, 1.165) is 10.3 Å². The molecular formula is C22H16N2O6S. The number of benzene rings is 3. The van der Waals surface area contributed by atoms with E-state index < -0.39 is 27.8 Å². The van der Waals surface area contributed by atoms with Crippen LogP contribution in [-0.2, 0) is 10.0 Å². The molecule has 0 atom stereocenters. The van der Waals surface area contributed by atoms with Gasteiger partial charge in [0.15, 0.2) is 0 Å². The Balaban J connectivity index is 1.55. The third-order valence-corrected chi connectivity index (χ3v) is 6.34. The molecule has 31 heavy (non-hydrogen) atoms. The first-order valence-electron chi connectivity index (χ1n) is 9.19. The molecule has 0 saturated heterocycles. The normalized spacial score (nSPS) is 13.9. The quantitative estimate of drug-likeness (QED) is 0.573. The molecule has 3 aromatic rings. The molecule has 0 fully saturated rings. The Morgan fingerprint density at radius 2 is 1.55 bits per heavy atom. The van der Waals surface area contributed by atoms with Gasteiger partial charge in [0.2, 0.25) is 10.0 Å². The Hall–Kier alpha value is -3.82. The molecular weight excluding hydrogens is 420 g/mol. The molecule has 9 heteroatoms. The van der Waals surface area contributed by atoms with Crippen LogP contribution in [0.1, 0.15) is 31.1 Å². The molecule has 0 aromatic heterocycles. The lowest BCUT2D eigenvalue weighted by molar-refractivity contribution is 0.0671. The van der Waals surface area contributed by atoms with Crippen LogP contribution in [0.2, 0.25) is 0 Å². The number of carbonyl (C=O) groups excluding carboxylic acids is 2. The van der Waals surface area contributed by atoms with Crippen LogP contribution in [-0.4, -0.2) is 42.8 Å². The summed E-state index contributed by atoms with van der Waals surface area (Å²) in [6.07, 6.45) is 2.52. The summed E-state index contributed by atoms with van der Waals surface area (Å²) >= 11 is 0. The van der Waals surface area contributed by atoms with Crippen LogP contribution in [0.3, 0.4) is 0 Å². The van der Waals surface area contributed by atoms with Gasteiger partial charge in [-0.2, -0.15) is 0 Å². The summed E-state index contributed by atoms with van der Waals surface area (Å²) < 4.78 is 27.2. The second-order valence-electron chi connectivity index (χ2n) is 6.73. The molecule has 156 valence electrons. The van der Waals surface area contributed by atoms with Gasteiger partial charge in [-0.15, -0.1) is 0 Å². The molecule has 1 heterocycles. The molecule has 1 aliphatic rings. The number of hydrogen-bond donors (Lipinski definition) is 2. The molecule has 2 N–H and O–H groups in total. The van der Waals surface area contributed by atoms with E-state index in [9.17, 15) is 27.9 Å². The third kappa shape index (κ3) is 3.60. The second-order valence-corrected chi connectivity index (χ2v) is 8.46. The predicted octanol–water partition coefficient (Wildman–Crippen LogP) is 2.63. The minimum Gasteiger partial charge on any atom is -0.478 e. The van der Waals surface area contributed by atoms with E-state index >= 15 is 0 Å². The molecule has 0 bridgehead atoms. The standard InChI is InChI=1S/C22H16N2O6S/c25-20-16-9-3-6-14-7-4-10-17(19(14)16)21(26)24(20)13-5-12-23-31(29,30)18-11-2-1-8-15(18)22(27)28/h1-11,13,23H,12H2,(H,27,28). The summed E-state index contributed by atoms with van der Waals surface area (Å²) in [5.74, 6) is -2.39. The lowest BCUT2D eigenvalue weighted by Crippen LogP contribution is -2.36. The lowest BCUT2D eigenvalue weighted by Gasteiger charge is -2.24. The average molecular weight is 436 g/mol. The van der Waals surface area contributed by atoms with Crippen molar-refractivity contribution in [3.05, 3.63) is 89.6 Å². The summed E-state index contributed by atoms with van der Waals surface area (Å²) in [4.78, 5) is 37.4. The summed E-state index contributed by atoms with van der Waals surface area (Å²) in [6.45, 7) is -0.251. The monoisotopic (exact) mass is 436 g/mol. The van der Waals surface area contributed by atoms with E-state index in [4.69, 9.17) is 0 Å². The number of hydrogen-bond acceptors (Lipinski definition) is 5. The van der Waals surface area contributed by atoms with E-state index in [-0.39, 0.29) is 17.0 Å². The maximum Gasteiger partial charge on any atom is 0.337 e. The smallest absolute Gasteiger partial charge is 0.337 e. The number of carboxylic acid groups (broad SMARTS) is 1. The Bertz CT molecular complexity index is 1330. The average Bonchev–Trinajstić information content (AvgIpc) is 2.76. The van der Waals surface area contributed by atoms with Gasteiger partial charge < -0.3 is 5.11 Å². The van der Waals surface area contributed by atoms with Gasteiger partial charge in [0.05, 0.1) is 10.5 Å². The number of nitrogens with one attached hydrogen (secondary N) is 1. The molecule has 8 nitrogen and oxygen atoms in total. The third-order valence-electron chi connectivity index (χ3n) is 4.86. The van der Waals surface area contributed by atoms with Crippen molar-refractivity contribution in [3.8, 4) is 0 Å². The number of rotatable bonds is 6. The first-order chi connectivity index (χ1) is 14.8. The zero-order chi connectivity index (χ0) is 22.2. The molecule has 4 rings (SSSR count). The van der Waals surface area contributed by atoms with E-state index in [1.165, 1.54) is 36.5 Å². The lowest BCUT2D eigenvalue weighted by atomic mass is 9.94. The van der Waals surface area contributed by atoms with Crippen molar-refractivity contribution in [2.24, 2.45) is 0 Å². The number of sulfonamides is 1. The Labute approximate surface area is 177 Å². The van der Waals surface area contributed by atoms with Gasteiger partial charge in [-0.25, -0.2) is 22.8 Å². The van der Waals surface area contributed by atoms with Gasteiger partial charge in [-0.1, -0.05) is 42.5 Å². The number of carboxylic acids is 1. The molecule has 0 saturated carbocycles. The van der Waals surface area contributed by atoms with Crippen molar-refractivity contribution < 1.29 is 27.9 Å². The van der Waals surface area contributed by atoms with Gasteiger partial charge in [-0.05, 0) is 29.7 Å². The van der Waals surface area contributed by atoms with Crippen LogP contribution < -0.4 is 4.72 Å². The summed E-state index contributed by atoms with van der Waals surface area (Å²) in [5.41, 5.74) is 0.409. The van der Waals surface area contributed by atoms with Crippen molar-refractivity contribution >= 4 is 38.6 Å². The highest BCUT2D eigenvalue weighted by atomic mass is 32.2. The van der Waals surface area contributed by atoms with Crippen LogP contribution in [0.4, 0.5) is 0 Å². The Kier molecular flexibility index (Phi) is 5.14. The van der Waals surface area contributed by atoms with Crippen molar-refractivity contribution in [2.45, 2.75) is 4.90 Å². The molecule has 0 aliphatic carbocycles. The minimum absolute atomic E-state index is 0.251. The largest absolute Gasteiger partial charge is 0.478 e. The zero-order valence-electron chi connectivity index (χ0n) is 16.0. The van der Waals surface area contributed by atoms with E-state index in [1.807, 2.05) is 12.1 Å². The molecule has 0 spiro atoms. The van der Waals surface area contributed by atoms with Gasteiger partial charge in [0.25, 0.3) is 11.8 Å². The molecule has 3 aromatic carbocycles. The van der Waals surface area contributed by atoms with Crippen LogP contribution in [0.15, 0.2) is 77.8 Å². The summed E-state index contributed by atoms with van der Waals surface area (Å²) in [6, 6.07) is 15.6. The maximum absolute atomic E-state index is 12.8. The minimum atomic E-state index is -4.12. The maximum atomic E-state index is 12.8. The van der Waals surface area contributed by atoms with Crippen molar-refractivity contribution in [1.29, 1.82) is 0 Å². The highest BCUT2D eigenvalue weighted by Gasteiger charge is 2.31. The van der Waals surface area contributed by atoms with Gasteiger partial charge >= 0.3 is 5.97 Å². The SMILES string of the molecule is O=C(O)c1ccccc1S(=O)(=O)NCC=CN1C(=O)c2cccc3cccc(c23)C1=O.